The number of cyclic esters (lactones) is 1. The van der Waals surface area contributed by atoms with Crippen LogP contribution in [0.5, 0.6) is 0 Å². The summed E-state index contributed by atoms with van der Waals surface area (Å²) in [7, 11) is 0. The molecule has 2 aliphatic rings. The number of carbonyl (C=O) groups is 3. The van der Waals surface area contributed by atoms with E-state index in [1.54, 1.807) is 18.2 Å². The predicted octanol–water partition coefficient (Wildman–Crippen LogP) is 0.911. The van der Waals surface area contributed by atoms with E-state index in [4.69, 9.17) is 4.74 Å². The number of imide groups is 1. The maximum Gasteiger partial charge on any atom is 0.411 e. The predicted molar refractivity (Wildman–Crippen MR) is 71.6 cm³/mol. The molecule has 2 rings (SSSR count). The number of rotatable bonds is 4. The smallest absolute Gasteiger partial charge is 0.411 e. The van der Waals surface area contributed by atoms with Crippen LogP contribution in [-0.2, 0) is 14.3 Å². The van der Waals surface area contributed by atoms with Crippen molar-refractivity contribution in [1.82, 2.24) is 10.2 Å². The van der Waals surface area contributed by atoms with E-state index in [0.29, 0.717) is 6.42 Å². The normalized spacial score (nSPS) is 27.1. The Morgan fingerprint density at radius 2 is 2.10 bits per heavy atom. The summed E-state index contributed by atoms with van der Waals surface area (Å²) < 4.78 is 5.24. The van der Waals surface area contributed by atoms with E-state index in [2.05, 4.69) is 18.5 Å². The third-order valence-corrected chi connectivity index (χ3v) is 3.34. The van der Waals surface area contributed by atoms with E-state index in [1.165, 1.54) is 4.90 Å². The molecule has 2 atom stereocenters. The van der Waals surface area contributed by atoms with Crippen molar-refractivity contribution in [1.29, 1.82) is 0 Å². The molecule has 0 aromatic rings. The number of amides is 3. The molecule has 0 bridgehead atoms. The summed E-state index contributed by atoms with van der Waals surface area (Å²) in [4.78, 5) is 36.1. The van der Waals surface area contributed by atoms with Crippen LogP contribution in [0.1, 0.15) is 12.8 Å². The molecule has 20 heavy (non-hydrogen) atoms. The Labute approximate surface area is 116 Å². The van der Waals surface area contributed by atoms with Crippen LogP contribution in [0, 0.1) is 0 Å². The van der Waals surface area contributed by atoms with Gasteiger partial charge in [0.25, 0.3) is 0 Å². The van der Waals surface area contributed by atoms with Gasteiger partial charge in [0.05, 0.1) is 6.54 Å². The van der Waals surface area contributed by atoms with Gasteiger partial charge in [0, 0.05) is 6.42 Å². The van der Waals surface area contributed by atoms with Crippen LogP contribution in [0.4, 0.5) is 4.79 Å². The zero-order valence-electron chi connectivity index (χ0n) is 11.0. The van der Waals surface area contributed by atoms with Crippen LogP contribution in [0.25, 0.3) is 0 Å². The summed E-state index contributed by atoms with van der Waals surface area (Å²) in [6.07, 6.45) is 4.40. The molecule has 0 radical (unpaired) electrons. The lowest BCUT2D eigenvalue weighted by atomic mass is 10.0. The summed E-state index contributed by atoms with van der Waals surface area (Å²) in [5.74, 6) is -0.764. The second-order valence-corrected chi connectivity index (χ2v) is 4.60. The van der Waals surface area contributed by atoms with Crippen LogP contribution in [0.2, 0.25) is 0 Å². The molecule has 2 heterocycles. The Morgan fingerprint density at radius 3 is 2.70 bits per heavy atom. The number of nitrogens with one attached hydrogen (secondary N) is 1. The van der Waals surface area contributed by atoms with Crippen molar-refractivity contribution in [2.24, 2.45) is 0 Å². The number of ether oxygens (including phenoxy) is 1. The van der Waals surface area contributed by atoms with E-state index in [-0.39, 0.29) is 18.9 Å². The van der Waals surface area contributed by atoms with E-state index in [1.807, 2.05) is 0 Å². The summed E-state index contributed by atoms with van der Waals surface area (Å²) in [6, 6.07) is -0.653. The fraction of sp³-hybridized carbons (Fsp3) is 0.357. The van der Waals surface area contributed by atoms with Crippen molar-refractivity contribution in [3.63, 3.8) is 0 Å². The summed E-state index contributed by atoms with van der Waals surface area (Å²) in [6.45, 7) is 7.51. The van der Waals surface area contributed by atoms with E-state index in [9.17, 15) is 14.4 Å². The first-order valence-electron chi connectivity index (χ1n) is 6.32. The number of carbonyl (C=O) groups excluding carboxylic acids is 3. The van der Waals surface area contributed by atoms with Gasteiger partial charge in [-0.3, -0.25) is 19.8 Å². The van der Waals surface area contributed by atoms with Crippen molar-refractivity contribution in [2.45, 2.75) is 25.0 Å². The van der Waals surface area contributed by atoms with Gasteiger partial charge in [-0.05, 0) is 12.0 Å². The van der Waals surface area contributed by atoms with Crippen molar-refractivity contribution in [3.05, 3.63) is 37.0 Å². The highest BCUT2D eigenvalue weighted by Crippen LogP contribution is 2.24. The van der Waals surface area contributed by atoms with Gasteiger partial charge >= 0.3 is 6.09 Å². The molecule has 6 nitrogen and oxygen atoms in total. The van der Waals surface area contributed by atoms with Gasteiger partial charge in [-0.1, -0.05) is 31.4 Å². The van der Waals surface area contributed by atoms with Crippen molar-refractivity contribution < 1.29 is 19.1 Å². The minimum absolute atomic E-state index is 0.224. The molecule has 0 saturated carbocycles. The minimum Gasteiger partial charge on any atom is -0.439 e. The van der Waals surface area contributed by atoms with E-state index >= 15 is 0 Å². The Kier molecular flexibility index (Phi) is 4.02. The maximum absolute atomic E-state index is 11.9. The topological polar surface area (TPSA) is 75.7 Å². The highest BCUT2D eigenvalue weighted by Gasteiger charge is 2.41. The van der Waals surface area contributed by atoms with E-state index in [0.717, 1.165) is 5.57 Å². The van der Waals surface area contributed by atoms with Crippen molar-refractivity contribution in [3.8, 4) is 0 Å². The Hall–Kier alpha value is -2.37. The van der Waals surface area contributed by atoms with Gasteiger partial charge < -0.3 is 4.74 Å². The molecule has 0 aliphatic carbocycles. The lowest BCUT2D eigenvalue weighted by molar-refractivity contribution is -0.136. The summed E-state index contributed by atoms with van der Waals surface area (Å²) in [5.41, 5.74) is 0.725. The first-order chi connectivity index (χ1) is 9.56. The molecule has 0 aromatic heterocycles. The van der Waals surface area contributed by atoms with Gasteiger partial charge in [0.1, 0.15) is 12.1 Å². The third-order valence-electron chi connectivity index (χ3n) is 3.34. The van der Waals surface area contributed by atoms with Gasteiger partial charge in [0.2, 0.25) is 11.8 Å². The molecule has 106 valence electrons. The lowest BCUT2D eigenvalue weighted by Crippen LogP contribution is -2.52. The molecule has 2 saturated heterocycles. The third kappa shape index (κ3) is 2.64. The average Bonchev–Trinajstić information content (AvgIpc) is 2.78. The Morgan fingerprint density at radius 1 is 1.35 bits per heavy atom. The average molecular weight is 276 g/mol. The molecule has 3 amide bonds. The second-order valence-electron chi connectivity index (χ2n) is 4.60. The monoisotopic (exact) mass is 276 g/mol. The first kappa shape index (κ1) is 14.0. The van der Waals surface area contributed by atoms with Crippen LogP contribution in [0.3, 0.4) is 0 Å². The first-order valence-corrected chi connectivity index (χ1v) is 6.32. The molecule has 2 fully saturated rings. The van der Waals surface area contributed by atoms with E-state index < -0.39 is 24.1 Å². The molecule has 0 aromatic carbocycles. The zero-order valence-corrected chi connectivity index (χ0v) is 11.0. The van der Waals surface area contributed by atoms with Gasteiger partial charge in [-0.15, -0.1) is 0 Å². The van der Waals surface area contributed by atoms with Gasteiger partial charge in [-0.2, -0.15) is 0 Å². The summed E-state index contributed by atoms with van der Waals surface area (Å²) in [5, 5.41) is 2.23. The molecule has 1 N–H and O–H groups in total. The quantitative estimate of drug-likeness (QED) is 0.611. The number of hydrogen-bond acceptors (Lipinski definition) is 4. The fourth-order valence-corrected chi connectivity index (χ4v) is 2.33. The van der Waals surface area contributed by atoms with Crippen LogP contribution < -0.4 is 5.32 Å². The summed E-state index contributed by atoms with van der Waals surface area (Å²) >= 11 is 0. The second kappa shape index (κ2) is 5.73. The highest BCUT2D eigenvalue weighted by atomic mass is 16.6. The SMILES string of the molecule is C=C/C=C(\C=C)C1CN(C2CCC(=O)NC2=O)C(=O)O1. The number of piperidine rings is 1. The zero-order chi connectivity index (χ0) is 14.7. The van der Waals surface area contributed by atoms with Crippen LogP contribution in [0.15, 0.2) is 37.0 Å². The van der Waals surface area contributed by atoms with Crippen LogP contribution in [-0.4, -0.2) is 41.5 Å². The standard InChI is InChI=1S/C14H16N2O4/c1-3-5-9(4-2)11-8-16(14(19)20-11)10-6-7-12(17)15-13(10)18/h3-5,10-11H,1-2,6-8H2,(H,15,17,18)/b9-5+. The fourth-order valence-electron chi connectivity index (χ4n) is 2.33. The maximum atomic E-state index is 11.9. The Balaban J connectivity index is 2.11. The van der Waals surface area contributed by atoms with Crippen molar-refractivity contribution >= 4 is 17.9 Å². The molecular weight excluding hydrogens is 260 g/mol. The molecule has 2 aliphatic heterocycles. The highest BCUT2D eigenvalue weighted by molar-refractivity contribution is 6.01. The number of nitrogens with zero attached hydrogens (tertiary/aromatic N) is 1. The molecule has 6 heteroatoms. The molecule has 2 unspecified atom stereocenters. The molecule has 0 spiro atoms. The number of allylic oxidation sites excluding steroid dienone is 2. The van der Waals surface area contributed by atoms with Gasteiger partial charge in [0.15, 0.2) is 0 Å². The molecular formula is C14H16N2O4. The number of hydrogen-bond donors (Lipinski definition) is 1. The lowest BCUT2D eigenvalue weighted by Gasteiger charge is -2.27. The minimum atomic E-state index is -0.653. The van der Waals surface area contributed by atoms with Crippen LogP contribution >= 0.6 is 0 Å². The largest absolute Gasteiger partial charge is 0.439 e. The van der Waals surface area contributed by atoms with Crippen molar-refractivity contribution in [2.75, 3.05) is 6.54 Å². The Bertz CT molecular complexity index is 509. The van der Waals surface area contributed by atoms with Gasteiger partial charge in [-0.25, -0.2) is 4.79 Å².